The first-order chi connectivity index (χ1) is 14.8. The van der Waals surface area contributed by atoms with Crippen LogP contribution in [0.1, 0.15) is 69.4 Å². The van der Waals surface area contributed by atoms with E-state index in [1.165, 1.54) is 5.56 Å². The molecule has 168 valence electrons. The highest BCUT2D eigenvalue weighted by molar-refractivity contribution is 7.91. The molecule has 2 aromatic carbocycles. The lowest BCUT2D eigenvalue weighted by Crippen LogP contribution is -2.25. The minimum Gasteiger partial charge on any atom is -0.493 e. The number of ether oxygens (including phenoxy) is 1. The third kappa shape index (κ3) is 7.10. The van der Waals surface area contributed by atoms with E-state index in [-0.39, 0.29) is 29.9 Å². The Morgan fingerprint density at radius 1 is 1.06 bits per heavy atom. The first kappa shape index (κ1) is 23.3. The average molecular weight is 444 g/mol. The normalized spacial score (nSPS) is 15.1. The van der Waals surface area contributed by atoms with Crippen molar-refractivity contribution in [2.24, 2.45) is 0 Å². The minimum atomic E-state index is -3.17. The van der Waals surface area contributed by atoms with Crippen molar-refractivity contribution in [3.05, 3.63) is 59.7 Å². The Morgan fingerprint density at radius 3 is 2.45 bits per heavy atom. The van der Waals surface area contributed by atoms with Crippen molar-refractivity contribution in [2.75, 3.05) is 11.9 Å². The molecule has 0 unspecified atom stereocenters. The van der Waals surface area contributed by atoms with Crippen molar-refractivity contribution in [3.63, 3.8) is 0 Å². The fourth-order valence-electron chi connectivity index (χ4n) is 3.95. The Balaban J connectivity index is 1.49. The number of carbonyl (C=O) groups excluding carboxylic acids is 1. The van der Waals surface area contributed by atoms with Gasteiger partial charge in [-0.1, -0.05) is 57.4 Å². The summed E-state index contributed by atoms with van der Waals surface area (Å²) >= 11 is 0. The Hall–Kier alpha value is -2.34. The van der Waals surface area contributed by atoms with Gasteiger partial charge in [0.05, 0.1) is 24.0 Å². The first-order valence-electron chi connectivity index (χ1n) is 11.2. The molecular formula is C25H33NO4S. The predicted molar refractivity (Wildman–Crippen MR) is 125 cm³/mol. The molecular weight excluding hydrogens is 410 g/mol. The summed E-state index contributed by atoms with van der Waals surface area (Å²) in [6.45, 7) is 4.56. The number of sulfone groups is 1. The zero-order valence-electron chi connectivity index (χ0n) is 18.5. The van der Waals surface area contributed by atoms with E-state index in [1.807, 2.05) is 24.3 Å². The van der Waals surface area contributed by atoms with Crippen LogP contribution in [0.4, 0.5) is 5.69 Å². The molecule has 0 aliphatic heterocycles. The standard InChI is InChI=1S/C25H33NO4S/c1-19(2)21-11-13-23(14-12-21)30-16-15-25(27)26-22-8-6-7-20(17-22)18-31(28,29)24-9-4-3-5-10-24/h6-8,11-14,17,19,24H,3-5,9-10,15-16,18H2,1-2H3,(H,26,27). The topological polar surface area (TPSA) is 72.5 Å². The van der Waals surface area contributed by atoms with Gasteiger partial charge in [0, 0.05) is 5.69 Å². The van der Waals surface area contributed by atoms with Crippen LogP contribution in [0.3, 0.4) is 0 Å². The van der Waals surface area contributed by atoms with Gasteiger partial charge in [0.2, 0.25) is 5.91 Å². The Bertz CT molecular complexity index is 961. The highest BCUT2D eigenvalue weighted by Gasteiger charge is 2.27. The van der Waals surface area contributed by atoms with Crippen molar-refractivity contribution in [2.45, 2.75) is 69.3 Å². The second kappa shape index (κ2) is 10.8. The molecule has 31 heavy (non-hydrogen) atoms. The van der Waals surface area contributed by atoms with Gasteiger partial charge < -0.3 is 10.1 Å². The van der Waals surface area contributed by atoms with Crippen LogP contribution < -0.4 is 10.1 Å². The summed E-state index contributed by atoms with van der Waals surface area (Å²) in [4.78, 5) is 12.3. The molecule has 2 aromatic rings. The van der Waals surface area contributed by atoms with Crippen molar-refractivity contribution >= 4 is 21.4 Å². The molecule has 0 radical (unpaired) electrons. The zero-order chi connectivity index (χ0) is 22.3. The van der Waals surface area contributed by atoms with E-state index < -0.39 is 9.84 Å². The van der Waals surface area contributed by atoms with E-state index >= 15 is 0 Å². The molecule has 0 bridgehead atoms. The third-order valence-corrected chi connectivity index (χ3v) is 8.01. The number of benzene rings is 2. The lowest BCUT2D eigenvalue weighted by atomic mass is 10.0. The predicted octanol–water partition coefficient (Wildman–Crippen LogP) is 5.47. The average Bonchev–Trinajstić information content (AvgIpc) is 2.74. The van der Waals surface area contributed by atoms with Gasteiger partial charge in [-0.25, -0.2) is 8.42 Å². The van der Waals surface area contributed by atoms with E-state index in [0.717, 1.165) is 37.9 Å². The molecule has 1 saturated carbocycles. The largest absolute Gasteiger partial charge is 0.493 e. The monoisotopic (exact) mass is 443 g/mol. The van der Waals surface area contributed by atoms with Gasteiger partial charge >= 0.3 is 0 Å². The van der Waals surface area contributed by atoms with Crippen molar-refractivity contribution in [3.8, 4) is 5.75 Å². The summed E-state index contributed by atoms with van der Waals surface area (Å²) in [5.74, 6) is 1.07. The molecule has 0 aromatic heterocycles. The van der Waals surface area contributed by atoms with Gasteiger partial charge in [0.1, 0.15) is 5.75 Å². The third-order valence-electron chi connectivity index (χ3n) is 5.78. The highest BCUT2D eigenvalue weighted by atomic mass is 32.2. The van der Waals surface area contributed by atoms with Crippen LogP contribution in [0.25, 0.3) is 0 Å². The molecule has 3 rings (SSSR count). The van der Waals surface area contributed by atoms with E-state index in [4.69, 9.17) is 4.74 Å². The number of hydrogen-bond acceptors (Lipinski definition) is 4. The van der Waals surface area contributed by atoms with Crippen LogP contribution in [0.2, 0.25) is 0 Å². The van der Waals surface area contributed by atoms with Crippen molar-refractivity contribution in [1.82, 2.24) is 0 Å². The van der Waals surface area contributed by atoms with Gasteiger partial charge in [-0.3, -0.25) is 4.79 Å². The smallest absolute Gasteiger partial charge is 0.227 e. The number of nitrogens with one attached hydrogen (secondary N) is 1. The molecule has 1 aliphatic rings. The number of hydrogen-bond donors (Lipinski definition) is 1. The van der Waals surface area contributed by atoms with Gasteiger partial charge in [-0.2, -0.15) is 0 Å². The van der Waals surface area contributed by atoms with Gasteiger partial charge in [-0.15, -0.1) is 0 Å². The maximum absolute atomic E-state index is 12.7. The Labute approximate surface area is 186 Å². The Morgan fingerprint density at radius 2 is 1.77 bits per heavy atom. The lowest BCUT2D eigenvalue weighted by Gasteiger charge is -2.21. The second-order valence-electron chi connectivity index (χ2n) is 8.64. The molecule has 5 nitrogen and oxygen atoms in total. The summed E-state index contributed by atoms with van der Waals surface area (Å²) in [5.41, 5.74) is 2.57. The number of anilines is 1. The summed E-state index contributed by atoms with van der Waals surface area (Å²) in [5, 5.41) is 2.61. The molecule has 0 heterocycles. The molecule has 1 fully saturated rings. The number of amides is 1. The van der Waals surface area contributed by atoms with Crippen molar-refractivity contribution < 1.29 is 17.9 Å². The fraction of sp³-hybridized carbons (Fsp3) is 0.480. The molecule has 6 heteroatoms. The molecule has 1 aliphatic carbocycles. The molecule has 1 amide bonds. The minimum absolute atomic E-state index is 0.0247. The van der Waals surface area contributed by atoms with Gasteiger partial charge in [0.25, 0.3) is 0 Å². The van der Waals surface area contributed by atoms with Crippen LogP contribution in [0, 0.1) is 0 Å². The summed E-state index contributed by atoms with van der Waals surface area (Å²) < 4.78 is 31.1. The zero-order valence-corrected chi connectivity index (χ0v) is 19.3. The maximum Gasteiger partial charge on any atom is 0.227 e. The molecule has 0 atom stereocenters. The summed E-state index contributed by atoms with van der Waals surface area (Å²) in [6.07, 6.45) is 4.85. The first-order valence-corrected chi connectivity index (χ1v) is 12.9. The second-order valence-corrected chi connectivity index (χ2v) is 10.9. The maximum atomic E-state index is 12.7. The van der Waals surface area contributed by atoms with E-state index in [0.29, 0.717) is 17.2 Å². The summed E-state index contributed by atoms with van der Waals surface area (Å²) in [6, 6.07) is 15.0. The van der Waals surface area contributed by atoms with Gasteiger partial charge in [0.15, 0.2) is 9.84 Å². The molecule has 0 spiro atoms. The number of carbonyl (C=O) groups is 1. The van der Waals surface area contributed by atoms with E-state index in [1.54, 1.807) is 24.3 Å². The molecule has 0 saturated heterocycles. The van der Waals surface area contributed by atoms with Gasteiger partial charge in [-0.05, 0) is 54.2 Å². The van der Waals surface area contributed by atoms with Crippen molar-refractivity contribution in [1.29, 1.82) is 0 Å². The van der Waals surface area contributed by atoms with Crippen LogP contribution in [0.5, 0.6) is 5.75 Å². The SMILES string of the molecule is CC(C)c1ccc(OCCC(=O)Nc2cccc(CS(=O)(=O)C3CCCCC3)c2)cc1. The highest BCUT2D eigenvalue weighted by Crippen LogP contribution is 2.26. The Kier molecular flexibility index (Phi) is 8.13. The quantitative estimate of drug-likeness (QED) is 0.558. The van der Waals surface area contributed by atoms with Crippen LogP contribution in [-0.2, 0) is 20.4 Å². The summed E-state index contributed by atoms with van der Waals surface area (Å²) in [7, 11) is -3.17. The lowest BCUT2D eigenvalue weighted by molar-refractivity contribution is -0.116. The van der Waals surface area contributed by atoms with Crippen LogP contribution in [-0.4, -0.2) is 26.2 Å². The molecule has 1 N–H and O–H groups in total. The van der Waals surface area contributed by atoms with E-state index in [2.05, 4.69) is 19.2 Å². The van der Waals surface area contributed by atoms with Crippen LogP contribution >= 0.6 is 0 Å². The van der Waals surface area contributed by atoms with E-state index in [9.17, 15) is 13.2 Å². The number of rotatable bonds is 9. The fourth-order valence-corrected chi connectivity index (χ4v) is 5.88. The van der Waals surface area contributed by atoms with Crippen LogP contribution in [0.15, 0.2) is 48.5 Å².